The number of nitrogens with zero attached hydrogens (tertiary/aromatic N) is 4. The minimum absolute atomic E-state index is 0.231. The summed E-state index contributed by atoms with van der Waals surface area (Å²) in [5.74, 6) is -1.62. The largest absolute Gasteiger partial charge is 0.481 e. The maximum Gasteiger partial charge on any atom is 0.308 e. The highest BCUT2D eigenvalue weighted by Crippen LogP contribution is 2.18. The van der Waals surface area contributed by atoms with Crippen LogP contribution in [0.5, 0.6) is 0 Å². The van der Waals surface area contributed by atoms with E-state index in [2.05, 4.69) is 10.3 Å². The van der Waals surface area contributed by atoms with E-state index in [0.29, 0.717) is 26.1 Å². The Morgan fingerprint density at radius 1 is 1.56 bits per heavy atom. The first-order valence-electron chi connectivity index (χ1n) is 5.74. The van der Waals surface area contributed by atoms with E-state index in [4.69, 9.17) is 10.8 Å². The maximum absolute atomic E-state index is 12.0. The van der Waals surface area contributed by atoms with E-state index in [1.807, 2.05) is 0 Å². The molecule has 2 heterocycles. The predicted octanol–water partition coefficient (Wildman–Crippen LogP) is -1.22. The number of aliphatic carboxylic acids is 1. The number of carboxylic acids is 1. The van der Waals surface area contributed by atoms with Crippen molar-refractivity contribution in [2.24, 2.45) is 11.7 Å². The summed E-state index contributed by atoms with van der Waals surface area (Å²) in [4.78, 5) is 24.3. The van der Waals surface area contributed by atoms with Crippen molar-refractivity contribution in [2.75, 3.05) is 19.6 Å². The van der Waals surface area contributed by atoms with Gasteiger partial charge in [0.25, 0.3) is 5.91 Å². The highest BCUT2D eigenvalue weighted by molar-refractivity contribution is 5.92. The SMILES string of the molecule is NCCn1cc(C(=O)N2CCC(C(=O)O)C2)nn1. The molecule has 1 aromatic heterocycles. The number of hydrogen-bond acceptors (Lipinski definition) is 5. The molecule has 8 heteroatoms. The van der Waals surface area contributed by atoms with Crippen molar-refractivity contribution >= 4 is 11.9 Å². The molecule has 1 aliphatic rings. The molecule has 8 nitrogen and oxygen atoms in total. The predicted molar refractivity (Wildman–Crippen MR) is 60.7 cm³/mol. The average molecular weight is 253 g/mol. The number of carbonyl (C=O) groups is 2. The van der Waals surface area contributed by atoms with Gasteiger partial charge in [-0.15, -0.1) is 5.10 Å². The number of hydrogen-bond donors (Lipinski definition) is 2. The van der Waals surface area contributed by atoms with Gasteiger partial charge in [-0.1, -0.05) is 5.21 Å². The maximum atomic E-state index is 12.0. The Balaban J connectivity index is 2.01. The third kappa shape index (κ3) is 2.48. The summed E-state index contributed by atoms with van der Waals surface area (Å²) >= 11 is 0. The fraction of sp³-hybridized carbons (Fsp3) is 0.600. The van der Waals surface area contributed by atoms with Crippen LogP contribution < -0.4 is 5.73 Å². The van der Waals surface area contributed by atoms with E-state index in [0.717, 1.165) is 0 Å². The van der Waals surface area contributed by atoms with Crippen LogP contribution in [0, 0.1) is 5.92 Å². The van der Waals surface area contributed by atoms with E-state index < -0.39 is 11.9 Å². The fourth-order valence-electron chi connectivity index (χ4n) is 1.95. The minimum atomic E-state index is -0.864. The zero-order valence-corrected chi connectivity index (χ0v) is 9.82. The van der Waals surface area contributed by atoms with Gasteiger partial charge in [0.15, 0.2) is 5.69 Å². The van der Waals surface area contributed by atoms with E-state index in [1.165, 1.54) is 15.8 Å². The third-order valence-corrected chi connectivity index (χ3v) is 2.94. The van der Waals surface area contributed by atoms with E-state index in [-0.39, 0.29) is 18.1 Å². The first-order chi connectivity index (χ1) is 8.61. The van der Waals surface area contributed by atoms with Crippen molar-refractivity contribution in [3.05, 3.63) is 11.9 Å². The molecule has 1 amide bonds. The van der Waals surface area contributed by atoms with Crippen LogP contribution in [0.2, 0.25) is 0 Å². The van der Waals surface area contributed by atoms with Gasteiger partial charge in [0.05, 0.1) is 18.7 Å². The molecule has 0 radical (unpaired) electrons. The second kappa shape index (κ2) is 5.13. The lowest BCUT2D eigenvalue weighted by molar-refractivity contribution is -0.141. The number of aromatic nitrogens is 3. The molecular formula is C10H15N5O3. The second-order valence-corrected chi connectivity index (χ2v) is 4.23. The van der Waals surface area contributed by atoms with Crippen LogP contribution in [0.25, 0.3) is 0 Å². The number of rotatable bonds is 4. The summed E-state index contributed by atoms with van der Waals surface area (Å²) in [6, 6.07) is 0. The summed E-state index contributed by atoms with van der Waals surface area (Å²) in [5, 5.41) is 16.4. The minimum Gasteiger partial charge on any atom is -0.481 e. The van der Waals surface area contributed by atoms with Gasteiger partial charge in [-0.25, -0.2) is 0 Å². The molecule has 0 aromatic carbocycles. The monoisotopic (exact) mass is 253 g/mol. The summed E-state index contributed by atoms with van der Waals surface area (Å²) in [7, 11) is 0. The van der Waals surface area contributed by atoms with E-state index >= 15 is 0 Å². The molecule has 1 atom stereocenters. The quantitative estimate of drug-likeness (QED) is 0.695. The summed E-state index contributed by atoms with van der Waals surface area (Å²) in [5.41, 5.74) is 5.60. The molecule has 0 spiro atoms. The van der Waals surface area contributed by atoms with Crippen molar-refractivity contribution in [3.8, 4) is 0 Å². The fourth-order valence-corrected chi connectivity index (χ4v) is 1.95. The zero-order valence-electron chi connectivity index (χ0n) is 9.82. The number of carbonyl (C=O) groups excluding carboxylic acids is 1. The van der Waals surface area contributed by atoms with Crippen LogP contribution in [-0.4, -0.2) is 56.5 Å². The van der Waals surface area contributed by atoms with Gasteiger partial charge in [0, 0.05) is 19.6 Å². The molecule has 1 unspecified atom stereocenters. The van der Waals surface area contributed by atoms with Gasteiger partial charge in [-0.3, -0.25) is 14.3 Å². The summed E-state index contributed by atoms with van der Waals surface area (Å²) in [6.45, 7) is 1.59. The van der Waals surface area contributed by atoms with Crippen LogP contribution >= 0.6 is 0 Å². The van der Waals surface area contributed by atoms with Crippen molar-refractivity contribution in [2.45, 2.75) is 13.0 Å². The van der Waals surface area contributed by atoms with Crippen LogP contribution in [0.3, 0.4) is 0 Å². The molecule has 2 rings (SSSR count). The molecule has 1 fully saturated rings. The van der Waals surface area contributed by atoms with Gasteiger partial charge >= 0.3 is 5.97 Å². The molecule has 98 valence electrons. The van der Waals surface area contributed by atoms with Crippen LogP contribution in [0.1, 0.15) is 16.9 Å². The number of likely N-dealkylation sites (tertiary alicyclic amines) is 1. The summed E-state index contributed by atoms with van der Waals surface area (Å²) < 4.78 is 1.50. The van der Waals surface area contributed by atoms with Gasteiger partial charge in [0.1, 0.15) is 0 Å². The standard InChI is InChI=1S/C10H15N5O3/c11-2-4-15-6-8(12-13-15)9(16)14-3-1-7(5-14)10(17)18/h6-7H,1-5,11H2,(H,17,18). The highest BCUT2D eigenvalue weighted by Gasteiger charge is 2.32. The molecule has 1 aromatic rings. The van der Waals surface area contributed by atoms with E-state index in [9.17, 15) is 9.59 Å². The molecule has 3 N–H and O–H groups in total. The van der Waals surface area contributed by atoms with Crippen molar-refractivity contribution in [1.82, 2.24) is 19.9 Å². The second-order valence-electron chi connectivity index (χ2n) is 4.23. The van der Waals surface area contributed by atoms with Gasteiger partial charge < -0.3 is 15.7 Å². The normalized spacial score (nSPS) is 19.2. The molecule has 1 aliphatic heterocycles. The highest BCUT2D eigenvalue weighted by atomic mass is 16.4. The smallest absolute Gasteiger partial charge is 0.308 e. The Kier molecular flexibility index (Phi) is 3.56. The first-order valence-corrected chi connectivity index (χ1v) is 5.74. The molecule has 18 heavy (non-hydrogen) atoms. The summed E-state index contributed by atoms with van der Waals surface area (Å²) in [6.07, 6.45) is 2.02. The first kappa shape index (κ1) is 12.5. The molecule has 0 aliphatic carbocycles. The Hall–Kier alpha value is -1.96. The van der Waals surface area contributed by atoms with Gasteiger partial charge in [0.2, 0.25) is 0 Å². The Morgan fingerprint density at radius 3 is 2.94 bits per heavy atom. The Bertz CT molecular complexity index is 458. The van der Waals surface area contributed by atoms with Crippen LogP contribution in [0.4, 0.5) is 0 Å². The van der Waals surface area contributed by atoms with Crippen LogP contribution in [-0.2, 0) is 11.3 Å². The topological polar surface area (TPSA) is 114 Å². The van der Waals surface area contributed by atoms with Crippen LogP contribution in [0.15, 0.2) is 6.20 Å². The third-order valence-electron chi connectivity index (χ3n) is 2.94. The Labute approximate surface area is 103 Å². The van der Waals surface area contributed by atoms with Gasteiger partial charge in [-0.2, -0.15) is 0 Å². The molecular weight excluding hydrogens is 238 g/mol. The lowest BCUT2D eigenvalue weighted by Gasteiger charge is -2.13. The van der Waals surface area contributed by atoms with Gasteiger partial charge in [-0.05, 0) is 6.42 Å². The number of amides is 1. The van der Waals surface area contributed by atoms with Crippen molar-refractivity contribution in [1.29, 1.82) is 0 Å². The van der Waals surface area contributed by atoms with Crippen molar-refractivity contribution < 1.29 is 14.7 Å². The average Bonchev–Trinajstić information content (AvgIpc) is 2.97. The number of carboxylic acid groups (broad SMARTS) is 1. The number of nitrogens with two attached hydrogens (primary N) is 1. The zero-order chi connectivity index (χ0) is 13.1. The molecule has 1 saturated heterocycles. The lowest BCUT2D eigenvalue weighted by Crippen LogP contribution is -2.30. The lowest BCUT2D eigenvalue weighted by atomic mass is 10.1. The molecule has 0 bridgehead atoms. The van der Waals surface area contributed by atoms with Crippen molar-refractivity contribution in [3.63, 3.8) is 0 Å². The molecule has 0 saturated carbocycles. The van der Waals surface area contributed by atoms with E-state index in [1.54, 1.807) is 0 Å². The Morgan fingerprint density at radius 2 is 2.33 bits per heavy atom.